The summed E-state index contributed by atoms with van der Waals surface area (Å²) in [5.74, 6) is 0. The molecule has 270 valence electrons. The van der Waals surface area contributed by atoms with E-state index >= 15 is 0 Å². The van der Waals surface area contributed by atoms with E-state index in [0.29, 0.717) is 0 Å². The summed E-state index contributed by atoms with van der Waals surface area (Å²) < 4.78 is 8.89. The molecule has 0 saturated carbocycles. The van der Waals surface area contributed by atoms with Crippen molar-refractivity contribution in [2.45, 2.75) is 0 Å². The molecule has 0 bridgehead atoms. The van der Waals surface area contributed by atoms with Crippen molar-refractivity contribution in [2.24, 2.45) is 0 Å². The number of hydrogen-bond donors (Lipinski definition) is 0. The predicted octanol–water partition coefficient (Wildman–Crippen LogP) is 12.9. The maximum Gasteiger partial charge on any atom is 0.328 e. The van der Waals surface area contributed by atoms with Gasteiger partial charge in [-0.15, -0.1) is 0 Å². The van der Waals surface area contributed by atoms with Crippen molar-refractivity contribution < 1.29 is 4.42 Å². The van der Waals surface area contributed by atoms with E-state index in [1.807, 2.05) is 12.1 Å². The molecule has 1 aliphatic rings. The molecule has 3 nitrogen and oxygen atoms in total. The molecule has 0 radical (unpaired) electrons. The van der Waals surface area contributed by atoms with Crippen LogP contribution in [0.25, 0.3) is 82.8 Å². The Labute approximate surface area is 336 Å². The van der Waals surface area contributed by atoms with Crippen LogP contribution in [0.2, 0.25) is 0 Å². The second-order valence-electron chi connectivity index (χ2n) is 15.2. The average Bonchev–Trinajstić information content (AvgIpc) is 3.85. The topological polar surface area (TPSA) is 21.3 Å². The van der Waals surface area contributed by atoms with Crippen LogP contribution < -0.4 is 15.7 Å². The zero-order chi connectivity index (χ0) is 38.2. The minimum absolute atomic E-state index is 0.000174. The molecule has 0 unspecified atom stereocenters. The van der Waals surface area contributed by atoms with Gasteiger partial charge >= 0.3 is 6.85 Å². The second kappa shape index (κ2) is 13.0. The van der Waals surface area contributed by atoms with Crippen molar-refractivity contribution >= 4 is 72.9 Å². The first-order valence-electron chi connectivity index (χ1n) is 20.0. The lowest BCUT2D eigenvalue weighted by Crippen LogP contribution is -2.57. The maximum absolute atomic E-state index is 6.42. The standard InChI is InChI=1S/C54H35BN2O/c1-2-15-38(16-3-1)55-49-27-8-4-19-43(49)44-20-6-10-29-51(44)57(55)40-18-12-17-39(35-40)56-50-28-9-5-21-45(50)47-25-13-23-41(53(47)56)36-31-33-37(34-32-36)42-24-14-26-48-46-22-7-11-30-52(46)58-54(42)48/h1-35H. The normalized spacial score (nSPS) is 12.4. The molecule has 0 saturated heterocycles. The van der Waals surface area contributed by atoms with Gasteiger partial charge in [0.15, 0.2) is 0 Å². The van der Waals surface area contributed by atoms with Crippen molar-refractivity contribution in [3.63, 3.8) is 0 Å². The van der Waals surface area contributed by atoms with Crippen LogP contribution >= 0.6 is 0 Å². The van der Waals surface area contributed by atoms with Gasteiger partial charge in [0.05, 0.1) is 11.0 Å². The molecule has 0 atom stereocenters. The van der Waals surface area contributed by atoms with E-state index in [9.17, 15) is 0 Å². The number of aromatic nitrogens is 1. The van der Waals surface area contributed by atoms with Gasteiger partial charge in [-0.1, -0.05) is 181 Å². The van der Waals surface area contributed by atoms with Crippen LogP contribution in [0.5, 0.6) is 0 Å². The van der Waals surface area contributed by atoms with Gasteiger partial charge in [-0.3, -0.25) is 0 Å². The number of rotatable bonds is 5. The van der Waals surface area contributed by atoms with Crippen LogP contribution in [0.1, 0.15) is 0 Å². The molecule has 12 rings (SSSR count). The van der Waals surface area contributed by atoms with Crippen molar-refractivity contribution in [2.75, 3.05) is 4.81 Å². The van der Waals surface area contributed by atoms with E-state index in [2.05, 4.69) is 210 Å². The minimum Gasteiger partial charge on any atom is -0.455 e. The number of benzene rings is 9. The molecule has 0 aliphatic carbocycles. The summed E-state index contributed by atoms with van der Waals surface area (Å²) in [5.41, 5.74) is 17.3. The largest absolute Gasteiger partial charge is 0.455 e. The number of para-hydroxylation sites is 5. The molecule has 58 heavy (non-hydrogen) atoms. The number of anilines is 2. The highest BCUT2D eigenvalue weighted by molar-refractivity contribution is 6.90. The Bertz CT molecular complexity index is 3360. The van der Waals surface area contributed by atoms with Gasteiger partial charge in [0.2, 0.25) is 0 Å². The lowest BCUT2D eigenvalue weighted by molar-refractivity contribution is 0.670. The highest BCUT2D eigenvalue weighted by atomic mass is 16.3. The summed E-state index contributed by atoms with van der Waals surface area (Å²) in [6.07, 6.45) is 0. The third-order valence-corrected chi connectivity index (χ3v) is 12.1. The Morgan fingerprint density at radius 2 is 1.00 bits per heavy atom. The summed E-state index contributed by atoms with van der Waals surface area (Å²) in [7, 11) is 0. The van der Waals surface area contributed by atoms with Crippen LogP contribution in [0.4, 0.5) is 11.4 Å². The first kappa shape index (κ1) is 32.7. The lowest BCUT2D eigenvalue weighted by Gasteiger charge is -2.39. The highest BCUT2D eigenvalue weighted by Crippen LogP contribution is 2.43. The van der Waals surface area contributed by atoms with Crippen LogP contribution in [0.15, 0.2) is 217 Å². The Balaban J connectivity index is 1.03. The number of fused-ring (bicyclic) bond motifs is 9. The summed E-state index contributed by atoms with van der Waals surface area (Å²) >= 11 is 0. The van der Waals surface area contributed by atoms with Gasteiger partial charge in [-0.05, 0) is 58.6 Å². The molecule has 11 aromatic rings. The van der Waals surface area contributed by atoms with Crippen molar-refractivity contribution in [3.05, 3.63) is 212 Å². The van der Waals surface area contributed by atoms with Gasteiger partial charge in [-0.25, -0.2) is 0 Å². The molecule has 0 fully saturated rings. The third-order valence-electron chi connectivity index (χ3n) is 12.1. The highest BCUT2D eigenvalue weighted by Gasteiger charge is 2.37. The summed E-state index contributed by atoms with van der Waals surface area (Å²) in [4.78, 5) is 2.53. The van der Waals surface area contributed by atoms with E-state index in [4.69, 9.17) is 4.42 Å². The monoisotopic (exact) mass is 738 g/mol. The number of furan rings is 1. The SMILES string of the molecule is c1ccc(B2c3ccccc3-c3ccccc3N2c2cccc(-n3c4ccccc4c4cccc(-c5ccc(-c6cccc7c6oc6ccccc67)cc5)c43)c2)cc1. The lowest BCUT2D eigenvalue weighted by atomic mass is 9.46. The van der Waals surface area contributed by atoms with Gasteiger partial charge in [-0.2, -0.15) is 0 Å². The molecular weight excluding hydrogens is 703 g/mol. The summed E-state index contributed by atoms with van der Waals surface area (Å²) in [5, 5.41) is 4.75. The van der Waals surface area contributed by atoms with E-state index in [0.717, 1.165) is 50.0 Å². The van der Waals surface area contributed by atoms with E-state index in [1.165, 1.54) is 55.1 Å². The smallest absolute Gasteiger partial charge is 0.328 e. The van der Waals surface area contributed by atoms with Gasteiger partial charge < -0.3 is 13.8 Å². The first-order valence-corrected chi connectivity index (χ1v) is 20.0. The molecule has 0 N–H and O–H groups in total. The minimum atomic E-state index is 0.000174. The summed E-state index contributed by atoms with van der Waals surface area (Å²) in [6, 6.07) is 77.0. The third kappa shape index (κ3) is 4.95. The van der Waals surface area contributed by atoms with E-state index < -0.39 is 0 Å². The zero-order valence-corrected chi connectivity index (χ0v) is 31.6. The molecule has 1 aliphatic heterocycles. The predicted molar refractivity (Wildman–Crippen MR) is 244 cm³/mol. The molecule has 4 heteroatoms. The summed E-state index contributed by atoms with van der Waals surface area (Å²) in [6.45, 7) is 0.000174. The van der Waals surface area contributed by atoms with Gasteiger partial charge in [0.1, 0.15) is 11.2 Å². The number of nitrogens with zero attached hydrogens (tertiary/aromatic N) is 2. The van der Waals surface area contributed by atoms with Crippen LogP contribution in [-0.4, -0.2) is 11.4 Å². The van der Waals surface area contributed by atoms with Crippen LogP contribution in [-0.2, 0) is 0 Å². The van der Waals surface area contributed by atoms with Crippen LogP contribution in [0, 0.1) is 0 Å². The fourth-order valence-electron chi connectivity index (χ4n) is 9.53. The van der Waals surface area contributed by atoms with E-state index in [1.54, 1.807) is 0 Å². The molecule has 9 aromatic carbocycles. The fraction of sp³-hybridized carbons (Fsp3) is 0. The Morgan fingerprint density at radius 3 is 1.86 bits per heavy atom. The van der Waals surface area contributed by atoms with Crippen molar-refractivity contribution in [3.8, 4) is 39.1 Å². The molecule has 0 amide bonds. The first-order chi connectivity index (χ1) is 28.8. The van der Waals surface area contributed by atoms with Crippen molar-refractivity contribution in [1.29, 1.82) is 0 Å². The van der Waals surface area contributed by atoms with Crippen molar-refractivity contribution in [1.82, 2.24) is 4.57 Å². The maximum atomic E-state index is 6.42. The molecule has 0 spiro atoms. The van der Waals surface area contributed by atoms with Gasteiger partial charge in [0, 0.05) is 55.3 Å². The zero-order valence-electron chi connectivity index (χ0n) is 31.6. The Hall–Kier alpha value is -7.56. The molecule has 3 heterocycles. The quantitative estimate of drug-likeness (QED) is 0.164. The molecule has 2 aromatic heterocycles. The van der Waals surface area contributed by atoms with Crippen LogP contribution in [0.3, 0.4) is 0 Å². The Morgan fingerprint density at radius 1 is 0.397 bits per heavy atom. The average molecular weight is 739 g/mol. The van der Waals surface area contributed by atoms with Gasteiger partial charge in [0.25, 0.3) is 0 Å². The van der Waals surface area contributed by atoms with E-state index in [-0.39, 0.29) is 6.85 Å². The second-order valence-corrected chi connectivity index (χ2v) is 15.2. The number of hydrogen-bond acceptors (Lipinski definition) is 2. The Kier molecular flexibility index (Phi) is 7.33. The molecular formula is C54H35BN2O. The fourth-order valence-corrected chi connectivity index (χ4v) is 9.53.